The number of hydrogen-bond acceptors (Lipinski definition) is 4. The molecule has 1 saturated heterocycles. The highest BCUT2D eigenvalue weighted by atomic mass is 16.5. The summed E-state index contributed by atoms with van der Waals surface area (Å²) in [7, 11) is 0. The monoisotopic (exact) mass is 337 g/mol. The molecule has 4 heteroatoms. The van der Waals surface area contributed by atoms with E-state index in [4.69, 9.17) is 4.74 Å². The van der Waals surface area contributed by atoms with E-state index in [1.54, 1.807) is 36.4 Å². The zero-order valence-electron chi connectivity index (χ0n) is 14.7. The number of Topliss-reactive ketones (excluding diaryl/α,β-unsaturated/α-hetero) is 1. The number of morpholine rings is 1. The molecule has 25 heavy (non-hydrogen) atoms. The summed E-state index contributed by atoms with van der Waals surface area (Å²) in [6.07, 6.45) is 0. The molecule has 1 aliphatic heterocycles. The van der Waals surface area contributed by atoms with E-state index in [1.165, 1.54) is 0 Å². The number of benzene rings is 2. The van der Waals surface area contributed by atoms with Crippen molar-refractivity contribution >= 4 is 11.6 Å². The van der Waals surface area contributed by atoms with E-state index >= 15 is 0 Å². The molecule has 0 saturated carbocycles. The SMILES string of the molecule is CC(C)(C(=O)c1ccc(C(=O)c2ccccc2)cc1)N1CCOCC1. The van der Waals surface area contributed by atoms with Gasteiger partial charge in [-0.3, -0.25) is 14.5 Å². The van der Waals surface area contributed by atoms with Crippen molar-refractivity contribution in [3.8, 4) is 0 Å². The van der Waals surface area contributed by atoms with Crippen molar-refractivity contribution in [1.82, 2.24) is 4.90 Å². The van der Waals surface area contributed by atoms with Gasteiger partial charge in [-0.1, -0.05) is 54.6 Å². The number of nitrogens with zero attached hydrogens (tertiary/aromatic N) is 1. The molecule has 1 fully saturated rings. The minimum absolute atomic E-state index is 0.0351. The minimum atomic E-state index is -0.589. The molecule has 0 radical (unpaired) electrons. The van der Waals surface area contributed by atoms with Crippen LogP contribution in [-0.2, 0) is 4.74 Å². The van der Waals surface area contributed by atoms with Gasteiger partial charge in [-0.25, -0.2) is 0 Å². The summed E-state index contributed by atoms with van der Waals surface area (Å²) in [4.78, 5) is 27.6. The number of carbonyl (C=O) groups is 2. The molecular formula is C21H23NO3. The van der Waals surface area contributed by atoms with Crippen molar-refractivity contribution in [1.29, 1.82) is 0 Å². The maximum Gasteiger partial charge on any atom is 0.193 e. The van der Waals surface area contributed by atoms with Crippen molar-refractivity contribution in [2.45, 2.75) is 19.4 Å². The average molecular weight is 337 g/mol. The fourth-order valence-electron chi connectivity index (χ4n) is 3.15. The zero-order chi connectivity index (χ0) is 17.9. The Labute approximate surface area is 148 Å². The molecule has 130 valence electrons. The first-order chi connectivity index (χ1) is 12.0. The van der Waals surface area contributed by atoms with Gasteiger partial charge in [-0.2, -0.15) is 0 Å². The summed E-state index contributed by atoms with van der Waals surface area (Å²) in [5, 5.41) is 0. The molecule has 2 aromatic carbocycles. The van der Waals surface area contributed by atoms with Crippen LogP contribution < -0.4 is 0 Å². The van der Waals surface area contributed by atoms with Gasteiger partial charge < -0.3 is 4.74 Å². The fourth-order valence-corrected chi connectivity index (χ4v) is 3.15. The predicted octanol–water partition coefficient (Wildman–Crippen LogP) is 3.21. The van der Waals surface area contributed by atoms with Crippen LogP contribution in [0.15, 0.2) is 54.6 Å². The molecular weight excluding hydrogens is 314 g/mol. The Morgan fingerprint density at radius 3 is 1.96 bits per heavy atom. The van der Waals surface area contributed by atoms with Crippen molar-refractivity contribution in [2.75, 3.05) is 26.3 Å². The summed E-state index contributed by atoms with van der Waals surface area (Å²) < 4.78 is 5.37. The molecule has 3 rings (SSSR count). The topological polar surface area (TPSA) is 46.6 Å². The summed E-state index contributed by atoms with van der Waals surface area (Å²) >= 11 is 0. The summed E-state index contributed by atoms with van der Waals surface area (Å²) in [5.74, 6) is 0.0279. The van der Waals surface area contributed by atoms with Crippen molar-refractivity contribution < 1.29 is 14.3 Å². The Kier molecular flexibility index (Phi) is 5.11. The van der Waals surface area contributed by atoms with Crippen molar-refractivity contribution in [2.24, 2.45) is 0 Å². The van der Waals surface area contributed by atoms with Gasteiger partial charge in [0, 0.05) is 29.8 Å². The molecule has 0 aromatic heterocycles. The molecule has 0 spiro atoms. The largest absolute Gasteiger partial charge is 0.379 e. The van der Waals surface area contributed by atoms with Crippen LogP contribution in [0.2, 0.25) is 0 Å². The summed E-state index contributed by atoms with van der Waals surface area (Å²) in [6.45, 7) is 6.71. The number of rotatable bonds is 5. The molecule has 1 aliphatic rings. The van der Waals surface area contributed by atoms with Gasteiger partial charge >= 0.3 is 0 Å². The third-order valence-corrected chi connectivity index (χ3v) is 4.80. The van der Waals surface area contributed by atoms with Gasteiger partial charge in [0.25, 0.3) is 0 Å². The molecule has 0 amide bonds. The molecule has 1 heterocycles. The van der Waals surface area contributed by atoms with E-state index in [1.807, 2.05) is 32.0 Å². The lowest BCUT2D eigenvalue weighted by Gasteiger charge is -2.39. The summed E-state index contributed by atoms with van der Waals surface area (Å²) in [5.41, 5.74) is 1.28. The molecule has 4 nitrogen and oxygen atoms in total. The van der Waals surface area contributed by atoms with Crippen LogP contribution >= 0.6 is 0 Å². The molecule has 2 aromatic rings. The average Bonchev–Trinajstić information content (AvgIpc) is 2.68. The Balaban J connectivity index is 1.77. The van der Waals surface area contributed by atoms with Crippen LogP contribution in [0.25, 0.3) is 0 Å². The van der Waals surface area contributed by atoms with E-state index in [0.717, 1.165) is 13.1 Å². The van der Waals surface area contributed by atoms with Gasteiger partial charge in [0.05, 0.1) is 18.8 Å². The highest BCUT2D eigenvalue weighted by Crippen LogP contribution is 2.22. The Morgan fingerprint density at radius 2 is 1.36 bits per heavy atom. The van der Waals surface area contributed by atoms with Crippen LogP contribution in [0.5, 0.6) is 0 Å². The van der Waals surface area contributed by atoms with Crippen LogP contribution in [-0.4, -0.2) is 48.3 Å². The van der Waals surface area contributed by atoms with E-state index in [9.17, 15) is 9.59 Å². The van der Waals surface area contributed by atoms with Crippen molar-refractivity contribution in [3.63, 3.8) is 0 Å². The third kappa shape index (κ3) is 3.70. The predicted molar refractivity (Wildman–Crippen MR) is 97.1 cm³/mol. The summed E-state index contributed by atoms with van der Waals surface area (Å²) in [6, 6.07) is 16.1. The lowest BCUT2D eigenvalue weighted by molar-refractivity contribution is -0.00430. The van der Waals surface area contributed by atoms with E-state index < -0.39 is 5.54 Å². The van der Waals surface area contributed by atoms with E-state index in [-0.39, 0.29) is 11.6 Å². The van der Waals surface area contributed by atoms with Crippen LogP contribution in [0.1, 0.15) is 40.1 Å². The van der Waals surface area contributed by atoms with Gasteiger partial charge in [-0.15, -0.1) is 0 Å². The zero-order valence-corrected chi connectivity index (χ0v) is 14.7. The first-order valence-corrected chi connectivity index (χ1v) is 8.57. The van der Waals surface area contributed by atoms with Gasteiger partial charge in [-0.05, 0) is 13.8 Å². The smallest absolute Gasteiger partial charge is 0.193 e. The molecule has 0 atom stereocenters. The minimum Gasteiger partial charge on any atom is -0.379 e. The second-order valence-electron chi connectivity index (χ2n) is 6.76. The van der Waals surface area contributed by atoms with E-state index in [2.05, 4.69) is 4.90 Å². The first kappa shape index (κ1) is 17.5. The number of ketones is 2. The second kappa shape index (κ2) is 7.30. The lowest BCUT2D eigenvalue weighted by Crippen LogP contribution is -2.54. The van der Waals surface area contributed by atoms with Crippen LogP contribution in [0.3, 0.4) is 0 Å². The Hall–Kier alpha value is -2.30. The Bertz CT molecular complexity index is 744. The number of carbonyl (C=O) groups excluding carboxylic acids is 2. The van der Waals surface area contributed by atoms with Gasteiger partial charge in [0.2, 0.25) is 0 Å². The fraction of sp³-hybridized carbons (Fsp3) is 0.333. The molecule has 0 unspecified atom stereocenters. The standard InChI is InChI=1S/C21H23NO3/c1-21(2,22-12-14-25-15-13-22)20(24)18-10-8-17(9-11-18)19(23)16-6-4-3-5-7-16/h3-11H,12-15H2,1-2H3. The maximum atomic E-state index is 12.9. The second-order valence-corrected chi connectivity index (χ2v) is 6.76. The Morgan fingerprint density at radius 1 is 0.840 bits per heavy atom. The molecule has 0 bridgehead atoms. The lowest BCUT2D eigenvalue weighted by atomic mass is 9.90. The van der Waals surface area contributed by atoms with Crippen LogP contribution in [0, 0.1) is 0 Å². The highest BCUT2D eigenvalue weighted by molar-refractivity contribution is 6.10. The maximum absolute atomic E-state index is 12.9. The molecule has 0 N–H and O–H groups in total. The quantitative estimate of drug-likeness (QED) is 0.786. The van der Waals surface area contributed by atoms with Gasteiger partial charge in [0.1, 0.15) is 0 Å². The van der Waals surface area contributed by atoms with Crippen molar-refractivity contribution in [3.05, 3.63) is 71.3 Å². The van der Waals surface area contributed by atoms with Gasteiger partial charge in [0.15, 0.2) is 11.6 Å². The highest BCUT2D eigenvalue weighted by Gasteiger charge is 2.35. The number of hydrogen-bond donors (Lipinski definition) is 0. The third-order valence-electron chi connectivity index (χ3n) is 4.80. The first-order valence-electron chi connectivity index (χ1n) is 8.57. The molecule has 0 aliphatic carbocycles. The normalized spacial score (nSPS) is 15.8. The van der Waals surface area contributed by atoms with E-state index in [0.29, 0.717) is 29.9 Å². The van der Waals surface area contributed by atoms with Crippen LogP contribution in [0.4, 0.5) is 0 Å². The number of ether oxygens (including phenoxy) is 1.